The summed E-state index contributed by atoms with van der Waals surface area (Å²) in [6, 6.07) is 0. The fourth-order valence-electron chi connectivity index (χ4n) is 1.53. The number of carboxylic acids is 1. The van der Waals surface area contributed by atoms with Crippen molar-refractivity contribution in [2.24, 2.45) is 0 Å². The Morgan fingerprint density at radius 2 is 2.06 bits per heavy atom. The van der Waals surface area contributed by atoms with E-state index in [1.54, 1.807) is 0 Å². The van der Waals surface area contributed by atoms with E-state index in [0.29, 0.717) is 4.31 Å². The summed E-state index contributed by atoms with van der Waals surface area (Å²) in [5, 5.41) is 7.46. The van der Waals surface area contributed by atoms with Crippen LogP contribution in [-0.2, 0) is 24.7 Å². The molecule has 0 aliphatic carbocycles. The molecular weight excluding hydrogens is 258 g/mol. The van der Waals surface area contributed by atoms with Gasteiger partial charge in [-0.15, -0.1) is 0 Å². The van der Waals surface area contributed by atoms with Gasteiger partial charge in [0, 0.05) is 7.05 Å². The maximum absolute atomic E-state index is 11.8. The normalized spacial score (nSPS) is 24.8. The van der Waals surface area contributed by atoms with Crippen molar-refractivity contribution in [2.75, 3.05) is 25.1 Å². The average molecular weight is 271 g/mol. The fraction of sp³-hybridized carbons (Fsp3) is 0.857. The van der Waals surface area contributed by atoms with Crippen molar-refractivity contribution in [3.8, 4) is 0 Å². The summed E-state index contributed by atoms with van der Waals surface area (Å²) < 4.78 is 46.5. The highest BCUT2D eigenvalue weighted by Gasteiger charge is 2.39. The van der Waals surface area contributed by atoms with Gasteiger partial charge >= 0.3 is 5.97 Å². The molecule has 16 heavy (non-hydrogen) atoms. The lowest BCUT2D eigenvalue weighted by Crippen LogP contribution is -2.39. The lowest BCUT2D eigenvalue weighted by Gasteiger charge is -2.18. The fourth-order valence-corrected chi connectivity index (χ4v) is 5.75. The number of sulfone groups is 1. The summed E-state index contributed by atoms with van der Waals surface area (Å²) in [4.78, 5) is 10.4. The Hall–Kier alpha value is -0.670. The molecule has 1 aliphatic heterocycles. The molecule has 1 atom stereocenters. The highest BCUT2D eigenvalue weighted by molar-refractivity contribution is 7.95. The first-order chi connectivity index (χ1) is 7.15. The van der Waals surface area contributed by atoms with E-state index in [1.807, 2.05) is 0 Å². The van der Waals surface area contributed by atoms with Crippen molar-refractivity contribution in [3.05, 3.63) is 0 Å². The van der Waals surface area contributed by atoms with Crippen molar-refractivity contribution in [1.82, 2.24) is 4.31 Å². The Morgan fingerprint density at radius 1 is 1.50 bits per heavy atom. The van der Waals surface area contributed by atoms with Crippen LogP contribution < -0.4 is 0 Å². The second-order valence-corrected chi connectivity index (χ2v) is 8.27. The molecule has 0 aromatic rings. The molecule has 1 saturated heterocycles. The molecule has 1 heterocycles. The van der Waals surface area contributed by atoms with Gasteiger partial charge in [0.1, 0.15) is 6.54 Å². The van der Waals surface area contributed by atoms with Crippen molar-refractivity contribution in [2.45, 2.75) is 11.7 Å². The Labute approximate surface area is 94.0 Å². The molecule has 94 valence electrons. The zero-order valence-electron chi connectivity index (χ0n) is 8.66. The Morgan fingerprint density at radius 3 is 2.44 bits per heavy atom. The highest BCUT2D eigenvalue weighted by Crippen LogP contribution is 2.21. The van der Waals surface area contributed by atoms with Gasteiger partial charge in [0.15, 0.2) is 9.84 Å². The van der Waals surface area contributed by atoms with Crippen LogP contribution in [0.25, 0.3) is 0 Å². The third-order valence-corrected chi connectivity index (χ3v) is 6.63. The molecule has 1 rings (SSSR count). The first kappa shape index (κ1) is 13.4. The number of hydrogen-bond acceptors (Lipinski definition) is 5. The Bertz CT molecular complexity index is 479. The van der Waals surface area contributed by atoms with Crippen LogP contribution in [0.3, 0.4) is 0 Å². The minimum Gasteiger partial charge on any atom is -0.480 e. The SMILES string of the molecule is CN(CC(=O)O)S(=O)(=O)C1CCS(=O)(=O)C1. The standard InChI is InChI=1S/C7H13NO6S2/c1-8(4-7(9)10)16(13,14)6-2-3-15(11,12)5-6/h6H,2-5H2,1H3,(H,9,10). The number of hydrogen-bond donors (Lipinski definition) is 1. The van der Waals surface area contributed by atoms with Gasteiger partial charge in [0.25, 0.3) is 0 Å². The number of nitrogens with zero attached hydrogens (tertiary/aromatic N) is 1. The van der Waals surface area contributed by atoms with Crippen LogP contribution in [-0.4, -0.2) is 62.6 Å². The van der Waals surface area contributed by atoms with Crippen LogP contribution in [0.4, 0.5) is 0 Å². The summed E-state index contributed by atoms with van der Waals surface area (Å²) in [5.74, 6) is -1.84. The maximum Gasteiger partial charge on any atom is 0.318 e. The van der Waals surface area contributed by atoms with Crippen molar-refractivity contribution >= 4 is 25.8 Å². The number of sulfonamides is 1. The van der Waals surface area contributed by atoms with Crippen molar-refractivity contribution in [1.29, 1.82) is 0 Å². The molecular formula is C7H13NO6S2. The third kappa shape index (κ3) is 2.92. The lowest BCUT2D eigenvalue weighted by molar-refractivity contribution is -0.137. The second-order valence-electron chi connectivity index (χ2n) is 3.72. The quantitative estimate of drug-likeness (QED) is 0.668. The molecule has 0 amide bonds. The number of aliphatic carboxylic acids is 1. The predicted octanol–water partition coefficient (Wildman–Crippen LogP) is -1.48. The largest absolute Gasteiger partial charge is 0.480 e. The summed E-state index contributed by atoms with van der Waals surface area (Å²) >= 11 is 0. The third-order valence-electron chi connectivity index (χ3n) is 2.40. The van der Waals surface area contributed by atoms with Crippen LogP contribution in [0.15, 0.2) is 0 Å². The number of likely N-dealkylation sites (N-methyl/N-ethyl adjacent to an activating group) is 1. The van der Waals surface area contributed by atoms with Crippen molar-refractivity contribution in [3.63, 3.8) is 0 Å². The first-order valence-corrected chi connectivity index (χ1v) is 7.85. The number of carbonyl (C=O) groups is 1. The van der Waals surface area contributed by atoms with Gasteiger partial charge in [0.2, 0.25) is 10.0 Å². The molecule has 1 aliphatic rings. The van der Waals surface area contributed by atoms with Crippen LogP contribution in [0.5, 0.6) is 0 Å². The Balaban J connectivity index is 2.83. The van der Waals surface area contributed by atoms with Gasteiger partial charge in [-0.2, -0.15) is 4.31 Å². The van der Waals surface area contributed by atoms with Gasteiger partial charge in [-0.25, -0.2) is 16.8 Å². The van der Waals surface area contributed by atoms with E-state index in [-0.39, 0.29) is 12.2 Å². The van der Waals surface area contributed by atoms with Crippen molar-refractivity contribution < 1.29 is 26.7 Å². The molecule has 0 radical (unpaired) electrons. The zero-order valence-corrected chi connectivity index (χ0v) is 10.3. The summed E-state index contributed by atoms with van der Waals surface area (Å²) in [7, 11) is -5.99. The van der Waals surface area contributed by atoms with Crippen LogP contribution >= 0.6 is 0 Å². The predicted molar refractivity (Wildman–Crippen MR) is 56.2 cm³/mol. The Kier molecular flexibility index (Phi) is 3.60. The molecule has 0 aromatic carbocycles. The topological polar surface area (TPSA) is 109 Å². The number of rotatable bonds is 4. The first-order valence-electron chi connectivity index (χ1n) is 4.52. The van der Waals surface area contributed by atoms with E-state index < -0.39 is 43.4 Å². The van der Waals surface area contributed by atoms with Gasteiger partial charge in [0.05, 0.1) is 16.8 Å². The molecule has 7 nitrogen and oxygen atoms in total. The van der Waals surface area contributed by atoms with Gasteiger partial charge < -0.3 is 5.11 Å². The van der Waals surface area contributed by atoms with Gasteiger partial charge in [-0.1, -0.05) is 0 Å². The van der Waals surface area contributed by atoms with E-state index in [2.05, 4.69) is 0 Å². The summed E-state index contributed by atoms with van der Waals surface area (Å²) in [6.07, 6.45) is 0.0363. The van der Waals surface area contributed by atoms with Crippen LogP contribution in [0.1, 0.15) is 6.42 Å². The lowest BCUT2D eigenvalue weighted by atomic mass is 10.4. The van der Waals surface area contributed by atoms with Gasteiger partial charge in [-0.3, -0.25) is 4.79 Å². The summed E-state index contributed by atoms with van der Waals surface area (Å²) in [5.41, 5.74) is 0. The molecule has 0 saturated carbocycles. The van der Waals surface area contributed by atoms with Crippen LogP contribution in [0.2, 0.25) is 0 Å². The molecule has 0 bridgehead atoms. The average Bonchev–Trinajstić information content (AvgIpc) is 2.45. The second kappa shape index (κ2) is 4.30. The number of carboxylic acid groups (broad SMARTS) is 1. The molecule has 0 aromatic heterocycles. The molecule has 0 spiro atoms. The monoisotopic (exact) mass is 271 g/mol. The maximum atomic E-state index is 11.8. The van der Waals surface area contributed by atoms with Gasteiger partial charge in [-0.05, 0) is 6.42 Å². The minimum atomic E-state index is -3.83. The molecule has 1 N–H and O–H groups in total. The smallest absolute Gasteiger partial charge is 0.318 e. The molecule has 1 fully saturated rings. The zero-order chi connectivity index (χ0) is 12.6. The van der Waals surface area contributed by atoms with E-state index in [4.69, 9.17) is 5.11 Å². The molecule has 1 unspecified atom stereocenters. The van der Waals surface area contributed by atoms with E-state index in [9.17, 15) is 21.6 Å². The highest BCUT2D eigenvalue weighted by atomic mass is 32.2. The minimum absolute atomic E-state index is 0.0363. The van der Waals surface area contributed by atoms with E-state index in [0.717, 1.165) is 7.05 Å². The molecule has 9 heteroatoms. The van der Waals surface area contributed by atoms with E-state index >= 15 is 0 Å². The van der Waals surface area contributed by atoms with Crippen LogP contribution in [0, 0.1) is 0 Å². The van der Waals surface area contributed by atoms with E-state index in [1.165, 1.54) is 0 Å². The summed E-state index contributed by atoms with van der Waals surface area (Å²) in [6.45, 7) is -0.654.